The van der Waals surface area contributed by atoms with Crippen molar-refractivity contribution in [1.29, 1.82) is 0 Å². The third-order valence-corrected chi connectivity index (χ3v) is 5.44. The average Bonchev–Trinajstić information content (AvgIpc) is 2.86. The fraction of sp³-hybridized carbons (Fsp3) is 0.667. The van der Waals surface area contributed by atoms with Crippen molar-refractivity contribution in [1.82, 2.24) is 10.2 Å². The summed E-state index contributed by atoms with van der Waals surface area (Å²) in [7, 11) is 1.69. The highest BCUT2D eigenvalue weighted by Crippen LogP contribution is 2.33. The van der Waals surface area contributed by atoms with E-state index in [2.05, 4.69) is 12.2 Å². The molecule has 0 unspecified atom stereocenters. The van der Waals surface area contributed by atoms with Crippen molar-refractivity contribution in [2.45, 2.75) is 58.9 Å². The number of aryl methyl sites for hydroxylation is 1. The molecule has 1 aliphatic carbocycles. The molecule has 128 valence electrons. The number of amides is 2. The third-order valence-electron chi connectivity index (χ3n) is 4.21. The summed E-state index contributed by atoms with van der Waals surface area (Å²) in [5.74, 6) is 0.567. The maximum Gasteiger partial charge on any atom is 0.264 e. The van der Waals surface area contributed by atoms with Gasteiger partial charge in [-0.05, 0) is 57.6 Å². The smallest absolute Gasteiger partial charge is 0.264 e. The van der Waals surface area contributed by atoms with Gasteiger partial charge >= 0.3 is 0 Å². The Labute approximate surface area is 143 Å². The molecule has 0 bridgehead atoms. The minimum atomic E-state index is -0.280. The molecule has 0 saturated heterocycles. The van der Waals surface area contributed by atoms with Crippen LogP contribution in [0.5, 0.6) is 0 Å². The number of fused-ring (bicyclic) bond motifs is 1. The summed E-state index contributed by atoms with van der Waals surface area (Å²) >= 11 is 1.60. The lowest BCUT2D eigenvalue weighted by Gasteiger charge is -2.23. The Hall–Kier alpha value is -1.36. The van der Waals surface area contributed by atoms with E-state index < -0.39 is 0 Å². The maximum atomic E-state index is 12.6. The summed E-state index contributed by atoms with van der Waals surface area (Å²) in [4.78, 5) is 28.2. The van der Waals surface area contributed by atoms with Crippen molar-refractivity contribution in [3.8, 4) is 0 Å². The highest BCUT2D eigenvalue weighted by atomic mass is 32.1. The molecule has 0 aliphatic heterocycles. The Bertz CT molecular complexity index is 586. The third kappa shape index (κ3) is 4.80. The summed E-state index contributed by atoms with van der Waals surface area (Å²) in [5.41, 5.74) is 1.06. The Morgan fingerprint density at radius 1 is 1.39 bits per heavy atom. The van der Waals surface area contributed by atoms with E-state index in [0.717, 1.165) is 23.6 Å². The minimum Gasteiger partial charge on any atom is -0.350 e. The fourth-order valence-electron chi connectivity index (χ4n) is 2.99. The number of carbonyl (C=O) groups excluding carboxylic acids is 2. The molecule has 0 spiro atoms. The van der Waals surface area contributed by atoms with Gasteiger partial charge in [-0.25, -0.2) is 0 Å². The Morgan fingerprint density at radius 3 is 2.70 bits per heavy atom. The lowest BCUT2D eigenvalue weighted by molar-refractivity contribution is -0.122. The summed E-state index contributed by atoms with van der Waals surface area (Å²) in [6, 6.07) is 2.04. The van der Waals surface area contributed by atoms with Crippen LogP contribution in [0.2, 0.25) is 0 Å². The monoisotopic (exact) mass is 336 g/mol. The molecule has 0 fully saturated rings. The number of likely N-dealkylation sites (N-methyl/N-ethyl adjacent to an activating group) is 1. The zero-order valence-electron chi connectivity index (χ0n) is 14.9. The number of hydrogen-bond acceptors (Lipinski definition) is 3. The summed E-state index contributed by atoms with van der Waals surface area (Å²) in [5, 5.41) is 2.89. The largest absolute Gasteiger partial charge is 0.350 e. The number of thiophene rings is 1. The van der Waals surface area contributed by atoms with Gasteiger partial charge in [0.15, 0.2) is 0 Å². The van der Waals surface area contributed by atoms with Gasteiger partial charge < -0.3 is 10.2 Å². The van der Waals surface area contributed by atoms with Crippen LogP contribution in [0.1, 0.15) is 60.6 Å². The van der Waals surface area contributed by atoms with Crippen LogP contribution in [0.3, 0.4) is 0 Å². The van der Waals surface area contributed by atoms with Gasteiger partial charge in [-0.1, -0.05) is 13.3 Å². The average molecular weight is 337 g/mol. The molecule has 1 N–H and O–H groups in total. The van der Waals surface area contributed by atoms with Gasteiger partial charge in [-0.3, -0.25) is 9.59 Å². The highest BCUT2D eigenvalue weighted by Gasteiger charge is 2.24. The molecule has 5 heteroatoms. The van der Waals surface area contributed by atoms with E-state index in [-0.39, 0.29) is 23.9 Å². The molecule has 1 aromatic heterocycles. The van der Waals surface area contributed by atoms with E-state index in [1.807, 2.05) is 26.8 Å². The standard InChI is InChI=1S/C18H28N2O2S/c1-6-12-7-8-14-13(9-12)10-15(23-14)17(22)20(5)11-16(21)19-18(2,3)4/h10,12H,6-9,11H2,1-5H3,(H,19,21)/t12-/m1/s1. The van der Waals surface area contributed by atoms with Crippen molar-refractivity contribution in [2.24, 2.45) is 5.92 Å². The summed E-state index contributed by atoms with van der Waals surface area (Å²) in [6.07, 6.45) is 4.59. The topological polar surface area (TPSA) is 49.4 Å². The van der Waals surface area contributed by atoms with Crippen LogP contribution in [0.4, 0.5) is 0 Å². The maximum absolute atomic E-state index is 12.6. The van der Waals surface area contributed by atoms with Crippen LogP contribution in [0.15, 0.2) is 6.07 Å². The molecule has 1 atom stereocenters. The zero-order chi connectivity index (χ0) is 17.2. The van der Waals surface area contributed by atoms with Crippen LogP contribution in [-0.2, 0) is 17.6 Å². The molecule has 2 amide bonds. The van der Waals surface area contributed by atoms with Gasteiger partial charge in [0.1, 0.15) is 0 Å². The van der Waals surface area contributed by atoms with Gasteiger partial charge in [0, 0.05) is 17.5 Å². The number of nitrogens with zero attached hydrogens (tertiary/aromatic N) is 1. The van der Waals surface area contributed by atoms with E-state index in [1.54, 1.807) is 18.4 Å². The van der Waals surface area contributed by atoms with E-state index in [4.69, 9.17) is 0 Å². The minimum absolute atomic E-state index is 0.0542. The first-order valence-corrected chi connectivity index (χ1v) is 9.19. The molecular formula is C18H28N2O2S. The molecular weight excluding hydrogens is 308 g/mol. The van der Waals surface area contributed by atoms with E-state index >= 15 is 0 Å². The number of carbonyl (C=O) groups is 2. The first-order chi connectivity index (χ1) is 10.7. The number of nitrogens with one attached hydrogen (secondary N) is 1. The quantitative estimate of drug-likeness (QED) is 0.917. The molecule has 1 aromatic rings. The van der Waals surface area contributed by atoms with Crippen molar-refractivity contribution < 1.29 is 9.59 Å². The SMILES string of the molecule is CC[C@@H]1CCc2sc(C(=O)N(C)CC(=O)NC(C)(C)C)cc2C1. The summed E-state index contributed by atoms with van der Waals surface area (Å²) in [6.45, 7) is 8.13. The van der Waals surface area contributed by atoms with E-state index in [9.17, 15) is 9.59 Å². The number of hydrogen-bond donors (Lipinski definition) is 1. The molecule has 1 heterocycles. The molecule has 2 rings (SSSR count). The van der Waals surface area contributed by atoms with Gasteiger partial charge in [0.2, 0.25) is 5.91 Å². The second-order valence-corrected chi connectivity index (χ2v) is 8.67. The fourth-order valence-corrected chi connectivity index (χ4v) is 4.19. The van der Waals surface area contributed by atoms with Crippen LogP contribution in [0, 0.1) is 5.92 Å². The van der Waals surface area contributed by atoms with Crippen LogP contribution in [-0.4, -0.2) is 35.8 Å². The molecule has 0 aromatic carbocycles. The van der Waals surface area contributed by atoms with Crippen molar-refractivity contribution in [2.75, 3.05) is 13.6 Å². The van der Waals surface area contributed by atoms with Gasteiger partial charge in [-0.2, -0.15) is 0 Å². The van der Waals surface area contributed by atoms with Crippen LogP contribution >= 0.6 is 11.3 Å². The molecule has 1 aliphatic rings. The lowest BCUT2D eigenvalue weighted by atomic mass is 9.87. The van der Waals surface area contributed by atoms with E-state index in [0.29, 0.717) is 0 Å². The zero-order valence-corrected chi connectivity index (χ0v) is 15.7. The second-order valence-electron chi connectivity index (χ2n) is 7.54. The summed E-state index contributed by atoms with van der Waals surface area (Å²) < 4.78 is 0. The van der Waals surface area contributed by atoms with E-state index in [1.165, 1.54) is 28.2 Å². The number of rotatable bonds is 4. The second kappa shape index (κ2) is 7.04. The lowest BCUT2D eigenvalue weighted by Crippen LogP contribution is -2.46. The Balaban J connectivity index is 2.00. The molecule has 4 nitrogen and oxygen atoms in total. The Kier molecular flexibility index (Phi) is 5.50. The first-order valence-electron chi connectivity index (χ1n) is 8.37. The highest BCUT2D eigenvalue weighted by molar-refractivity contribution is 7.14. The molecule has 0 radical (unpaired) electrons. The molecule has 23 heavy (non-hydrogen) atoms. The van der Waals surface area contributed by atoms with Gasteiger partial charge in [0.05, 0.1) is 11.4 Å². The van der Waals surface area contributed by atoms with Crippen LogP contribution < -0.4 is 5.32 Å². The van der Waals surface area contributed by atoms with Crippen molar-refractivity contribution in [3.63, 3.8) is 0 Å². The van der Waals surface area contributed by atoms with Gasteiger partial charge in [-0.15, -0.1) is 11.3 Å². The van der Waals surface area contributed by atoms with Crippen molar-refractivity contribution in [3.05, 3.63) is 21.4 Å². The normalized spacial score (nSPS) is 17.5. The predicted molar refractivity (Wildman–Crippen MR) is 95.0 cm³/mol. The first kappa shape index (κ1) is 18.0. The Morgan fingerprint density at radius 2 is 2.09 bits per heavy atom. The van der Waals surface area contributed by atoms with Crippen molar-refractivity contribution >= 4 is 23.2 Å². The van der Waals surface area contributed by atoms with Gasteiger partial charge in [0.25, 0.3) is 5.91 Å². The van der Waals surface area contributed by atoms with Crippen LogP contribution in [0.25, 0.3) is 0 Å². The predicted octanol–water partition coefficient (Wildman–Crippen LogP) is 3.25. The molecule has 0 saturated carbocycles.